The van der Waals surface area contributed by atoms with Crippen LogP contribution in [0, 0.1) is 0 Å². The van der Waals surface area contributed by atoms with E-state index in [4.69, 9.17) is 11.6 Å². The number of benzene rings is 2. The van der Waals surface area contributed by atoms with Gasteiger partial charge in [-0.3, -0.25) is 9.71 Å². The zero-order chi connectivity index (χ0) is 18.9. The predicted molar refractivity (Wildman–Crippen MR) is 106 cm³/mol. The minimum Gasteiger partial charge on any atom is -0.366 e. The molecule has 1 saturated heterocycles. The van der Waals surface area contributed by atoms with Crippen LogP contribution in [0.15, 0.2) is 58.4 Å². The Bertz CT molecular complexity index is 951. The van der Waals surface area contributed by atoms with Crippen molar-refractivity contribution in [3.8, 4) is 0 Å². The molecule has 6 nitrogen and oxygen atoms in total. The Hall–Kier alpha value is -1.74. The van der Waals surface area contributed by atoms with Gasteiger partial charge < -0.3 is 10.0 Å². The second kappa shape index (κ2) is 7.11. The maximum absolute atomic E-state index is 12.8. The SMILES string of the molecule is CN=C1SCC(O)(c2ccc(Cl)c(S(=O)(=O)Nc3ccccc3)c2)N1C. The average Bonchev–Trinajstić information content (AvgIpc) is 2.91. The van der Waals surface area contributed by atoms with Gasteiger partial charge in [0.1, 0.15) is 4.90 Å². The molecule has 1 atom stereocenters. The van der Waals surface area contributed by atoms with Crippen LogP contribution < -0.4 is 4.72 Å². The minimum atomic E-state index is -3.91. The van der Waals surface area contributed by atoms with Crippen molar-refractivity contribution in [2.45, 2.75) is 10.6 Å². The second-order valence-corrected chi connectivity index (χ2v) is 8.79. The topological polar surface area (TPSA) is 82.0 Å². The number of para-hydroxylation sites is 1. The van der Waals surface area contributed by atoms with Crippen LogP contribution in [0.2, 0.25) is 5.02 Å². The number of halogens is 1. The van der Waals surface area contributed by atoms with E-state index in [1.165, 1.54) is 23.9 Å². The molecule has 0 amide bonds. The number of nitrogens with zero attached hydrogens (tertiary/aromatic N) is 2. The van der Waals surface area contributed by atoms with Gasteiger partial charge in [-0.25, -0.2) is 8.42 Å². The normalized spacial score (nSPS) is 22.0. The van der Waals surface area contributed by atoms with Gasteiger partial charge in [-0.15, -0.1) is 0 Å². The second-order valence-electron chi connectivity index (χ2n) is 5.79. The highest BCUT2D eigenvalue weighted by Crippen LogP contribution is 2.39. The lowest BCUT2D eigenvalue weighted by molar-refractivity contribution is -0.0349. The largest absolute Gasteiger partial charge is 0.366 e. The number of aliphatic hydroxyl groups is 1. The first-order valence-corrected chi connectivity index (χ1v) is 10.6. The van der Waals surface area contributed by atoms with Crippen LogP contribution >= 0.6 is 23.4 Å². The van der Waals surface area contributed by atoms with Gasteiger partial charge in [-0.05, 0) is 24.3 Å². The molecule has 3 rings (SSSR count). The van der Waals surface area contributed by atoms with E-state index in [-0.39, 0.29) is 9.92 Å². The molecule has 1 heterocycles. The number of sulfonamides is 1. The monoisotopic (exact) mass is 411 g/mol. The number of rotatable bonds is 4. The van der Waals surface area contributed by atoms with Gasteiger partial charge in [0.2, 0.25) is 0 Å². The summed E-state index contributed by atoms with van der Waals surface area (Å²) in [5, 5.41) is 11.8. The van der Waals surface area contributed by atoms with Gasteiger partial charge in [-0.2, -0.15) is 0 Å². The van der Waals surface area contributed by atoms with Crippen LogP contribution in [-0.4, -0.2) is 43.4 Å². The molecule has 1 aliphatic heterocycles. The average molecular weight is 412 g/mol. The number of hydrogen-bond donors (Lipinski definition) is 2. The van der Waals surface area contributed by atoms with E-state index in [2.05, 4.69) is 9.71 Å². The van der Waals surface area contributed by atoms with E-state index in [0.29, 0.717) is 22.2 Å². The number of aliphatic imine (C=N–C) groups is 1. The summed E-state index contributed by atoms with van der Waals surface area (Å²) in [6.45, 7) is 0. The van der Waals surface area contributed by atoms with Crippen LogP contribution in [0.4, 0.5) is 5.69 Å². The maximum Gasteiger partial charge on any atom is 0.263 e. The third-order valence-corrected chi connectivity index (χ3v) is 7.27. The van der Waals surface area contributed by atoms with Crippen molar-refractivity contribution < 1.29 is 13.5 Å². The quantitative estimate of drug-likeness (QED) is 0.808. The first kappa shape index (κ1) is 19.0. The molecule has 26 heavy (non-hydrogen) atoms. The molecule has 0 aliphatic carbocycles. The number of hydrogen-bond acceptors (Lipinski definition) is 5. The summed E-state index contributed by atoms with van der Waals surface area (Å²) >= 11 is 7.55. The van der Waals surface area contributed by atoms with Gasteiger partial charge in [0.05, 0.1) is 10.8 Å². The Balaban J connectivity index is 2.01. The molecular weight excluding hydrogens is 394 g/mol. The first-order chi connectivity index (χ1) is 12.3. The van der Waals surface area contributed by atoms with Gasteiger partial charge in [-0.1, -0.05) is 47.6 Å². The van der Waals surface area contributed by atoms with Crippen molar-refractivity contribution >= 4 is 44.2 Å². The summed E-state index contributed by atoms with van der Waals surface area (Å²) in [6, 6.07) is 13.1. The molecule has 2 aromatic carbocycles. The standard InChI is InChI=1S/C17H18ClN3O3S2/c1-19-16-21(2)17(22,11-25-16)12-8-9-14(18)15(10-12)26(23,24)20-13-6-4-3-5-7-13/h3-10,20,22H,11H2,1-2H3. The van der Waals surface area contributed by atoms with E-state index in [0.717, 1.165) is 0 Å². The molecule has 9 heteroatoms. The lowest BCUT2D eigenvalue weighted by Crippen LogP contribution is -2.42. The smallest absolute Gasteiger partial charge is 0.263 e. The van der Waals surface area contributed by atoms with Crippen molar-refractivity contribution in [2.75, 3.05) is 24.6 Å². The number of nitrogens with one attached hydrogen (secondary N) is 1. The summed E-state index contributed by atoms with van der Waals surface area (Å²) in [5.41, 5.74) is -0.494. The van der Waals surface area contributed by atoms with E-state index in [1.807, 2.05) is 0 Å². The Labute approximate surface area is 161 Å². The molecule has 2 N–H and O–H groups in total. The van der Waals surface area contributed by atoms with Crippen molar-refractivity contribution in [1.29, 1.82) is 0 Å². The van der Waals surface area contributed by atoms with Crippen molar-refractivity contribution in [1.82, 2.24) is 4.90 Å². The Kier molecular flexibility index (Phi) is 5.21. The van der Waals surface area contributed by atoms with Crippen LogP contribution in [0.1, 0.15) is 5.56 Å². The fourth-order valence-corrected chi connectivity index (χ4v) is 5.43. The van der Waals surface area contributed by atoms with Crippen LogP contribution in [0.3, 0.4) is 0 Å². The molecule has 2 aromatic rings. The first-order valence-electron chi connectivity index (χ1n) is 7.71. The number of anilines is 1. The minimum absolute atomic E-state index is 0.0819. The highest BCUT2D eigenvalue weighted by Gasteiger charge is 2.43. The van der Waals surface area contributed by atoms with Crippen molar-refractivity contribution in [3.63, 3.8) is 0 Å². The molecule has 138 valence electrons. The van der Waals surface area contributed by atoms with Gasteiger partial charge in [0.25, 0.3) is 10.0 Å². The zero-order valence-corrected chi connectivity index (χ0v) is 16.6. The van der Waals surface area contributed by atoms with Crippen LogP contribution in [0.25, 0.3) is 0 Å². The van der Waals surface area contributed by atoms with E-state index < -0.39 is 15.7 Å². The van der Waals surface area contributed by atoms with E-state index >= 15 is 0 Å². The van der Waals surface area contributed by atoms with Crippen molar-refractivity contribution in [3.05, 3.63) is 59.1 Å². The zero-order valence-electron chi connectivity index (χ0n) is 14.2. The van der Waals surface area contributed by atoms with Gasteiger partial charge in [0.15, 0.2) is 10.9 Å². The van der Waals surface area contributed by atoms with Gasteiger partial charge in [0, 0.05) is 25.3 Å². The molecule has 0 spiro atoms. The number of amidine groups is 1. The molecule has 0 bridgehead atoms. The van der Waals surface area contributed by atoms with E-state index in [1.54, 1.807) is 55.4 Å². The summed E-state index contributed by atoms with van der Waals surface area (Å²) < 4.78 is 28.1. The third-order valence-electron chi connectivity index (χ3n) is 4.14. The number of thioether (sulfide) groups is 1. The summed E-state index contributed by atoms with van der Waals surface area (Å²) in [6.07, 6.45) is 0. The Morgan fingerprint density at radius 3 is 2.58 bits per heavy atom. The fourth-order valence-electron chi connectivity index (χ4n) is 2.68. The fraction of sp³-hybridized carbons (Fsp3) is 0.235. The van der Waals surface area contributed by atoms with Crippen LogP contribution in [0.5, 0.6) is 0 Å². The molecule has 0 saturated carbocycles. The summed E-state index contributed by atoms with van der Waals surface area (Å²) in [5.74, 6) is 0.337. The highest BCUT2D eigenvalue weighted by molar-refractivity contribution is 8.14. The molecule has 0 aromatic heterocycles. The maximum atomic E-state index is 12.8. The highest BCUT2D eigenvalue weighted by atomic mass is 35.5. The molecular formula is C17H18ClN3O3S2. The molecule has 1 fully saturated rings. The molecule has 0 radical (unpaired) electrons. The summed E-state index contributed by atoms with van der Waals surface area (Å²) in [4.78, 5) is 5.66. The summed E-state index contributed by atoms with van der Waals surface area (Å²) in [7, 11) is -0.547. The predicted octanol–water partition coefficient (Wildman–Crippen LogP) is 2.95. The lowest BCUT2D eigenvalue weighted by atomic mass is 10.0. The van der Waals surface area contributed by atoms with Gasteiger partial charge >= 0.3 is 0 Å². The Morgan fingerprint density at radius 2 is 1.96 bits per heavy atom. The van der Waals surface area contributed by atoms with Crippen molar-refractivity contribution in [2.24, 2.45) is 4.99 Å². The van der Waals surface area contributed by atoms with E-state index in [9.17, 15) is 13.5 Å². The van der Waals surface area contributed by atoms with Crippen LogP contribution in [-0.2, 0) is 15.7 Å². The third kappa shape index (κ3) is 3.42. The molecule has 1 aliphatic rings. The lowest BCUT2D eigenvalue weighted by Gasteiger charge is -2.31. The Morgan fingerprint density at radius 1 is 1.27 bits per heavy atom. The molecule has 1 unspecified atom stereocenters.